The topological polar surface area (TPSA) is 97.8 Å². The van der Waals surface area contributed by atoms with E-state index in [4.69, 9.17) is 0 Å². The first-order valence-corrected chi connectivity index (χ1v) is 11.2. The number of aromatic nitrogens is 1. The van der Waals surface area contributed by atoms with Crippen LogP contribution >= 0.6 is 0 Å². The number of amides is 2. The molecule has 174 valence electrons. The molecule has 1 aromatic heterocycles. The van der Waals surface area contributed by atoms with Gasteiger partial charge in [-0.3, -0.25) is 19.7 Å². The third kappa shape index (κ3) is 3.05. The number of non-ortho nitro benzene ring substituents is 1. The quantitative estimate of drug-likeness (QED) is 0.148. The van der Waals surface area contributed by atoms with Crippen molar-refractivity contribution in [2.45, 2.75) is 0 Å². The van der Waals surface area contributed by atoms with E-state index in [0.717, 1.165) is 32.7 Å². The molecule has 4 aromatic carbocycles. The van der Waals surface area contributed by atoms with Crippen molar-refractivity contribution in [3.63, 3.8) is 0 Å². The summed E-state index contributed by atoms with van der Waals surface area (Å²) in [5, 5.41) is 18.2. The number of benzene rings is 4. The molecule has 2 amide bonds. The second-order valence-electron chi connectivity index (χ2n) is 8.49. The molecule has 0 atom stereocenters. The summed E-state index contributed by atoms with van der Waals surface area (Å²) in [5.41, 5.74) is 3.86. The van der Waals surface area contributed by atoms with Crippen molar-refractivity contribution in [3.8, 4) is 11.3 Å². The van der Waals surface area contributed by atoms with E-state index in [9.17, 15) is 19.7 Å². The number of carbonyl (C=O) groups excluding carboxylic acids is 2. The number of nitrogens with zero attached hydrogens (tertiary/aromatic N) is 4. The van der Waals surface area contributed by atoms with Crippen LogP contribution in [0, 0.1) is 10.1 Å². The molecule has 0 aliphatic carbocycles. The highest BCUT2D eigenvalue weighted by Gasteiger charge is 2.35. The highest BCUT2D eigenvalue weighted by Crippen LogP contribution is 2.36. The molecule has 36 heavy (non-hydrogen) atoms. The summed E-state index contributed by atoms with van der Waals surface area (Å²) in [5.74, 6) is -1.26. The van der Waals surface area contributed by atoms with Gasteiger partial charge in [-0.1, -0.05) is 54.6 Å². The number of hydrogen-bond donors (Lipinski definition) is 0. The van der Waals surface area contributed by atoms with Crippen LogP contribution in [-0.2, 0) is 7.05 Å². The summed E-state index contributed by atoms with van der Waals surface area (Å²) >= 11 is 0. The zero-order chi connectivity index (χ0) is 25.0. The van der Waals surface area contributed by atoms with Crippen LogP contribution in [-0.4, -0.2) is 32.5 Å². The van der Waals surface area contributed by atoms with Crippen LogP contribution in [0.25, 0.3) is 32.9 Å². The van der Waals surface area contributed by atoms with Gasteiger partial charge in [-0.05, 0) is 29.8 Å². The summed E-state index contributed by atoms with van der Waals surface area (Å²) in [4.78, 5) is 37.7. The van der Waals surface area contributed by atoms with Crippen LogP contribution in [0.4, 0.5) is 5.69 Å². The van der Waals surface area contributed by atoms with Crippen LogP contribution in [0.5, 0.6) is 0 Å². The molecule has 1 aliphatic heterocycles. The van der Waals surface area contributed by atoms with Gasteiger partial charge >= 0.3 is 0 Å². The Morgan fingerprint density at radius 1 is 0.806 bits per heavy atom. The Morgan fingerprint density at radius 3 is 2.22 bits per heavy atom. The van der Waals surface area contributed by atoms with Crippen LogP contribution in [0.15, 0.2) is 90.0 Å². The van der Waals surface area contributed by atoms with E-state index in [2.05, 4.69) is 9.67 Å². The molecule has 0 fully saturated rings. The standard InChI is InChI=1S/C28H18N4O4/c1-30-23-13-6-5-10-18(23)22(26(30)17-8-3-2-4-9-17)16-29-31-27(33)20-12-7-11-19-24(32(35)36)15-14-21(25(19)20)28(31)34/h2-16H,1H3. The Bertz CT molecular complexity index is 1750. The van der Waals surface area contributed by atoms with Gasteiger partial charge in [0.15, 0.2) is 0 Å². The molecule has 5 aromatic rings. The Balaban J connectivity index is 1.51. The fourth-order valence-electron chi connectivity index (χ4n) is 4.95. The monoisotopic (exact) mass is 474 g/mol. The zero-order valence-electron chi connectivity index (χ0n) is 19.1. The summed E-state index contributed by atoms with van der Waals surface area (Å²) in [7, 11) is 1.96. The van der Waals surface area contributed by atoms with Crippen LogP contribution in [0.1, 0.15) is 26.3 Å². The summed E-state index contributed by atoms with van der Waals surface area (Å²) in [6.45, 7) is 0. The zero-order valence-corrected chi connectivity index (χ0v) is 19.1. The molecule has 2 heterocycles. The highest BCUT2D eigenvalue weighted by molar-refractivity contribution is 6.26. The summed E-state index contributed by atoms with van der Waals surface area (Å²) in [6.07, 6.45) is 1.54. The van der Waals surface area contributed by atoms with Gasteiger partial charge in [0, 0.05) is 35.0 Å². The molecular weight excluding hydrogens is 456 g/mol. The average Bonchev–Trinajstić information content (AvgIpc) is 3.18. The number of fused-ring (bicyclic) bond motifs is 1. The molecule has 8 nitrogen and oxygen atoms in total. The smallest absolute Gasteiger partial charge is 0.282 e. The maximum absolute atomic E-state index is 13.4. The van der Waals surface area contributed by atoms with Gasteiger partial charge in [0.05, 0.1) is 33.3 Å². The van der Waals surface area contributed by atoms with Crippen molar-refractivity contribution >= 4 is 45.4 Å². The van der Waals surface area contributed by atoms with E-state index in [0.29, 0.717) is 0 Å². The van der Waals surface area contributed by atoms with Crippen molar-refractivity contribution < 1.29 is 14.5 Å². The molecule has 0 saturated heterocycles. The molecule has 8 heteroatoms. The molecule has 0 radical (unpaired) electrons. The number of nitro benzene ring substituents is 1. The maximum atomic E-state index is 13.4. The lowest BCUT2D eigenvalue weighted by Gasteiger charge is -2.23. The van der Waals surface area contributed by atoms with Crippen molar-refractivity contribution in [1.29, 1.82) is 0 Å². The lowest BCUT2D eigenvalue weighted by molar-refractivity contribution is -0.383. The van der Waals surface area contributed by atoms with Crippen molar-refractivity contribution in [1.82, 2.24) is 9.58 Å². The number of carbonyl (C=O) groups is 2. The SMILES string of the molecule is Cn1c(-c2ccccc2)c(C=NN2C(=O)c3cccc4c([N+](=O)[O-])ccc(c34)C2=O)c2ccccc21. The lowest BCUT2D eigenvalue weighted by Crippen LogP contribution is -2.36. The first-order valence-electron chi connectivity index (χ1n) is 11.2. The third-order valence-electron chi connectivity index (χ3n) is 6.56. The van der Waals surface area contributed by atoms with Crippen molar-refractivity contribution in [3.05, 3.63) is 112 Å². The van der Waals surface area contributed by atoms with Gasteiger partial charge in [-0.15, -0.1) is 0 Å². The minimum Gasteiger partial charge on any atom is -0.343 e. The molecule has 6 rings (SSSR count). The Morgan fingerprint density at radius 2 is 1.47 bits per heavy atom. The molecule has 0 unspecified atom stereocenters. The molecule has 0 saturated carbocycles. The maximum Gasteiger partial charge on any atom is 0.282 e. The Labute approximate surface area is 204 Å². The minimum atomic E-state index is -0.628. The van der Waals surface area contributed by atoms with Gasteiger partial charge in [0.2, 0.25) is 0 Å². The molecular formula is C28H18N4O4. The number of hydrazone groups is 1. The lowest BCUT2D eigenvalue weighted by atomic mass is 9.94. The number of imide groups is 1. The number of aryl methyl sites for hydroxylation is 1. The Hall–Kier alpha value is -5.11. The van der Waals surface area contributed by atoms with Gasteiger partial charge in [-0.2, -0.15) is 10.1 Å². The van der Waals surface area contributed by atoms with Crippen molar-refractivity contribution in [2.24, 2.45) is 12.1 Å². The van der Waals surface area contributed by atoms with Gasteiger partial charge < -0.3 is 4.57 Å². The Kier molecular flexibility index (Phi) is 4.75. The fraction of sp³-hybridized carbons (Fsp3) is 0.0357. The van der Waals surface area contributed by atoms with Crippen LogP contribution in [0.2, 0.25) is 0 Å². The van der Waals surface area contributed by atoms with Gasteiger partial charge in [0.25, 0.3) is 17.5 Å². The normalized spacial score (nSPS) is 13.3. The van der Waals surface area contributed by atoms with E-state index in [1.165, 1.54) is 18.3 Å². The predicted molar refractivity (Wildman–Crippen MR) is 137 cm³/mol. The largest absolute Gasteiger partial charge is 0.343 e. The number of hydrogen-bond acceptors (Lipinski definition) is 5. The number of rotatable bonds is 4. The first kappa shape index (κ1) is 21.4. The van der Waals surface area contributed by atoms with E-state index < -0.39 is 16.7 Å². The molecule has 0 spiro atoms. The number of nitro groups is 1. The molecule has 1 aliphatic rings. The van der Waals surface area contributed by atoms with Gasteiger partial charge in [-0.25, -0.2) is 0 Å². The van der Waals surface area contributed by atoms with Crippen molar-refractivity contribution in [2.75, 3.05) is 0 Å². The summed E-state index contributed by atoms with van der Waals surface area (Å²) in [6, 6.07) is 25.0. The average molecular weight is 474 g/mol. The van der Waals surface area contributed by atoms with E-state index >= 15 is 0 Å². The van der Waals surface area contributed by atoms with Gasteiger partial charge in [0.1, 0.15) is 0 Å². The molecule has 0 bridgehead atoms. The number of para-hydroxylation sites is 1. The minimum absolute atomic E-state index is 0.156. The molecule has 0 N–H and O–H groups in total. The van der Waals surface area contributed by atoms with E-state index in [-0.39, 0.29) is 27.6 Å². The second kappa shape index (κ2) is 7.99. The fourth-order valence-corrected chi connectivity index (χ4v) is 4.95. The second-order valence-corrected chi connectivity index (χ2v) is 8.49. The van der Waals surface area contributed by atoms with E-state index in [1.807, 2.05) is 61.6 Å². The highest BCUT2D eigenvalue weighted by atomic mass is 16.6. The predicted octanol–water partition coefficient (Wildman–Crippen LogP) is 5.54. The van der Waals surface area contributed by atoms with Crippen LogP contribution < -0.4 is 0 Å². The van der Waals surface area contributed by atoms with E-state index in [1.54, 1.807) is 18.2 Å². The first-order chi connectivity index (χ1) is 17.5. The third-order valence-corrected chi connectivity index (χ3v) is 6.56. The summed E-state index contributed by atoms with van der Waals surface area (Å²) < 4.78 is 2.06. The van der Waals surface area contributed by atoms with Crippen LogP contribution in [0.3, 0.4) is 0 Å².